The van der Waals surface area contributed by atoms with E-state index in [1.807, 2.05) is 18.7 Å². The lowest BCUT2D eigenvalue weighted by Crippen LogP contribution is -3.00. The lowest BCUT2D eigenvalue weighted by atomic mass is 9.97. The Morgan fingerprint density at radius 2 is 1.65 bits per heavy atom. The molecule has 2 fully saturated rings. The van der Waals surface area contributed by atoms with Crippen molar-refractivity contribution < 1.29 is 41.3 Å². The zero-order chi connectivity index (χ0) is 33.4. The number of piperazine rings is 1. The number of ether oxygens (including phenoxy) is 4. The van der Waals surface area contributed by atoms with Crippen molar-refractivity contribution in [2.45, 2.75) is 32.4 Å². The van der Waals surface area contributed by atoms with Crippen LogP contribution in [0.15, 0.2) is 6.20 Å². The smallest absolute Gasteiger partial charge is 0.247 e. The summed E-state index contributed by atoms with van der Waals surface area (Å²) in [7, 11) is 0. The first-order chi connectivity index (χ1) is 22.9. The first kappa shape index (κ1) is 39.1. The van der Waals surface area contributed by atoms with E-state index < -0.39 is 12.1 Å². The molecule has 0 aromatic carbocycles. The number of hydrogen-bond donors (Lipinski definition) is 3. The fourth-order valence-electron chi connectivity index (χ4n) is 5.13. The molecule has 0 spiro atoms. The van der Waals surface area contributed by atoms with Gasteiger partial charge in [0.05, 0.1) is 65.1 Å². The molecule has 4 heterocycles. The highest BCUT2D eigenvalue weighted by Gasteiger charge is 2.34. The molecule has 4 N–H and O–H groups in total. The number of nitrogens with zero attached hydrogens (tertiary/aromatic N) is 9. The number of nitrogens with one attached hydrogen (secondary N) is 1. The van der Waals surface area contributed by atoms with Gasteiger partial charge in [-0.15, -0.1) is 11.5 Å². The van der Waals surface area contributed by atoms with E-state index in [4.69, 9.17) is 41.1 Å². The first-order valence-corrected chi connectivity index (χ1v) is 16.3. The van der Waals surface area contributed by atoms with Crippen LogP contribution in [0.2, 0.25) is 0 Å². The molecule has 48 heavy (non-hydrogen) atoms. The minimum absolute atomic E-state index is 0. The van der Waals surface area contributed by atoms with Crippen LogP contribution in [-0.2, 0) is 23.7 Å². The van der Waals surface area contributed by atoms with Gasteiger partial charge in [-0.1, -0.05) is 31.4 Å². The summed E-state index contributed by atoms with van der Waals surface area (Å²) in [4.78, 5) is 34.1. The molecule has 4 rings (SSSR count). The number of halogens is 1. The predicted molar refractivity (Wildman–Crippen MR) is 174 cm³/mol. The number of hydrogen-bond acceptors (Lipinski definition) is 15. The maximum Gasteiger partial charge on any atom is 0.247 e. The highest BCUT2D eigenvalue weighted by Crippen LogP contribution is 2.26. The average molecular weight is 695 g/mol. The summed E-state index contributed by atoms with van der Waals surface area (Å²) >= 11 is 0. The van der Waals surface area contributed by atoms with Crippen LogP contribution < -0.4 is 33.3 Å². The van der Waals surface area contributed by atoms with Gasteiger partial charge in [0.2, 0.25) is 23.8 Å². The van der Waals surface area contributed by atoms with Crippen molar-refractivity contribution in [1.29, 1.82) is 0 Å². The molecule has 3 atom stereocenters. The number of aromatic nitrogens is 6. The van der Waals surface area contributed by atoms with E-state index in [-0.39, 0.29) is 37.4 Å². The minimum Gasteiger partial charge on any atom is -1.00 e. The Labute approximate surface area is 288 Å². The summed E-state index contributed by atoms with van der Waals surface area (Å²) in [6, 6.07) is -1.17. The second kappa shape index (κ2) is 20.9. The highest BCUT2D eigenvalue weighted by molar-refractivity contribution is 5.81. The molecule has 0 radical (unpaired) electrons. The average Bonchev–Trinajstić information content (AvgIpc) is 3.60. The lowest BCUT2D eigenvalue weighted by molar-refractivity contribution is -0.137. The summed E-state index contributed by atoms with van der Waals surface area (Å²) in [5.41, 5.74) is 6.38. The SMILES string of the molecule is C#CCOCCOCCOCCNc1nc(N2CCOCC2)nc(N2CCN(C(=O)C(C(C)CC)n3cc(C(N)CO)nn3)CC2)n1.[Cl-]. The molecule has 2 saturated heterocycles. The molecule has 0 bridgehead atoms. The van der Waals surface area contributed by atoms with Gasteiger partial charge in [0.15, 0.2) is 0 Å². The molecule has 0 aliphatic carbocycles. The summed E-state index contributed by atoms with van der Waals surface area (Å²) in [5.74, 6) is 4.00. The van der Waals surface area contributed by atoms with E-state index >= 15 is 0 Å². The number of morpholine rings is 1. The second-order valence-electron chi connectivity index (χ2n) is 11.3. The summed E-state index contributed by atoms with van der Waals surface area (Å²) in [6.45, 7) is 11.6. The molecule has 18 heteroatoms. The van der Waals surface area contributed by atoms with Gasteiger partial charge in [0.25, 0.3) is 0 Å². The van der Waals surface area contributed by atoms with Crippen molar-refractivity contribution in [2.24, 2.45) is 11.7 Å². The van der Waals surface area contributed by atoms with E-state index in [0.29, 0.717) is 116 Å². The Hall–Kier alpha value is -3.37. The zero-order valence-electron chi connectivity index (χ0n) is 27.9. The lowest BCUT2D eigenvalue weighted by Gasteiger charge is -2.37. The van der Waals surface area contributed by atoms with Crippen LogP contribution in [0.1, 0.15) is 38.0 Å². The van der Waals surface area contributed by atoms with Crippen molar-refractivity contribution >= 4 is 23.8 Å². The third-order valence-corrected chi connectivity index (χ3v) is 8.06. The number of terminal acetylenes is 1. The monoisotopic (exact) mass is 694 g/mol. The van der Waals surface area contributed by atoms with Gasteiger partial charge >= 0.3 is 0 Å². The van der Waals surface area contributed by atoms with Crippen molar-refractivity contribution in [1.82, 2.24) is 34.8 Å². The van der Waals surface area contributed by atoms with Crippen LogP contribution in [0.25, 0.3) is 0 Å². The molecule has 2 aromatic heterocycles. The fourth-order valence-corrected chi connectivity index (χ4v) is 5.13. The molecule has 0 saturated carbocycles. The van der Waals surface area contributed by atoms with Crippen LogP contribution in [0.4, 0.5) is 17.8 Å². The fraction of sp³-hybridized carbons (Fsp3) is 0.733. The van der Waals surface area contributed by atoms with Gasteiger partial charge in [0.1, 0.15) is 18.3 Å². The standard InChI is InChI=1S/C30H49N11O6.ClH/c1-4-13-44-17-19-47-20-18-45-14-6-32-28-33-29(35-30(34-28)40-11-15-46-16-12-40)39-9-7-38(8-10-39)27(43)26(23(3)5-2)41-21-25(36-37-41)24(31)22-42;/h1,21,23-24,26,42H,5-20,22,31H2,2-3H3,(H,32,33,34,35);1H/p-1. The molecule has 2 aromatic rings. The number of nitrogens with two attached hydrogens (primary N) is 1. The Morgan fingerprint density at radius 3 is 2.27 bits per heavy atom. The number of anilines is 3. The normalized spacial score (nSPS) is 16.9. The molecule has 1 amide bonds. The number of aliphatic hydroxyl groups is 1. The summed E-state index contributed by atoms with van der Waals surface area (Å²) in [5, 5.41) is 21.0. The van der Waals surface area contributed by atoms with Crippen molar-refractivity contribution in [2.75, 3.05) is 120 Å². The van der Waals surface area contributed by atoms with Gasteiger partial charge in [0, 0.05) is 45.8 Å². The van der Waals surface area contributed by atoms with Crippen molar-refractivity contribution in [3.63, 3.8) is 0 Å². The van der Waals surface area contributed by atoms with Crippen LogP contribution in [0, 0.1) is 18.3 Å². The van der Waals surface area contributed by atoms with Crippen LogP contribution >= 0.6 is 0 Å². The molecule has 17 nitrogen and oxygen atoms in total. The van der Waals surface area contributed by atoms with E-state index in [1.54, 1.807) is 10.9 Å². The number of carbonyl (C=O) groups is 1. The van der Waals surface area contributed by atoms with Crippen molar-refractivity contribution in [3.8, 4) is 12.3 Å². The molecule has 268 valence electrons. The van der Waals surface area contributed by atoms with E-state index in [1.165, 1.54) is 0 Å². The van der Waals surface area contributed by atoms with E-state index in [2.05, 4.69) is 36.3 Å². The zero-order valence-corrected chi connectivity index (χ0v) is 28.6. The molecule has 2 aliphatic rings. The van der Waals surface area contributed by atoms with E-state index in [0.717, 1.165) is 6.42 Å². The van der Waals surface area contributed by atoms with E-state index in [9.17, 15) is 9.90 Å². The molecular weight excluding hydrogens is 646 g/mol. The second-order valence-corrected chi connectivity index (χ2v) is 11.3. The Morgan fingerprint density at radius 1 is 1.02 bits per heavy atom. The van der Waals surface area contributed by atoms with Crippen molar-refractivity contribution in [3.05, 3.63) is 11.9 Å². The summed E-state index contributed by atoms with van der Waals surface area (Å²) in [6.07, 6.45) is 7.59. The summed E-state index contributed by atoms with van der Waals surface area (Å²) < 4.78 is 23.4. The van der Waals surface area contributed by atoms with Gasteiger partial charge in [-0.05, 0) is 5.92 Å². The first-order valence-electron chi connectivity index (χ1n) is 16.3. The quantitative estimate of drug-likeness (QED) is 0.0962. The van der Waals surface area contributed by atoms with Gasteiger partial charge in [-0.2, -0.15) is 15.0 Å². The van der Waals surface area contributed by atoms with Gasteiger partial charge in [-0.25, -0.2) is 4.68 Å². The largest absolute Gasteiger partial charge is 1.00 e. The number of rotatable bonds is 19. The Balaban J connectivity index is 0.00000625. The minimum atomic E-state index is -0.648. The third kappa shape index (κ3) is 11.4. The van der Waals surface area contributed by atoms with Gasteiger partial charge < -0.3 is 62.2 Å². The topological polar surface area (TPSA) is 191 Å². The predicted octanol–water partition coefficient (Wildman–Crippen LogP) is -3.67. The highest BCUT2D eigenvalue weighted by atomic mass is 35.5. The Kier molecular flexibility index (Phi) is 17.0. The van der Waals surface area contributed by atoms with Crippen LogP contribution in [-0.4, -0.2) is 151 Å². The Bertz CT molecular complexity index is 1270. The van der Waals surface area contributed by atoms with Crippen LogP contribution in [0.5, 0.6) is 0 Å². The maximum absolute atomic E-state index is 13.8. The third-order valence-electron chi connectivity index (χ3n) is 8.06. The molecule has 3 unspecified atom stereocenters. The number of aliphatic hydroxyl groups excluding tert-OH is 1. The maximum atomic E-state index is 13.8. The number of amides is 1. The van der Waals surface area contributed by atoms with Gasteiger partial charge in [-0.3, -0.25) is 4.79 Å². The molecule has 2 aliphatic heterocycles. The van der Waals surface area contributed by atoms with Crippen LogP contribution in [0.3, 0.4) is 0 Å². The molecular formula is C30H49ClN11O6-. The number of carbonyl (C=O) groups excluding carboxylic acids is 1.